The zero-order chi connectivity index (χ0) is 14.1. The van der Waals surface area contributed by atoms with Gasteiger partial charge in [0.15, 0.2) is 0 Å². The maximum Gasteiger partial charge on any atom is 0.0794 e. The van der Waals surface area contributed by atoms with E-state index in [2.05, 4.69) is 56.0 Å². The van der Waals surface area contributed by atoms with Crippen LogP contribution in [0.4, 0.5) is 0 Å². The molecule has 0 radical (unpaired) electrons. The van der Waals surface area contributed by atoms with Crippen molar-refractivity contribution in [2.45, 2.75) is 51.9 Å². The lowest BCUT2D eigenvalue weighted by atomic mass is 9.77. The molecule has 0 N–H and O–H groups in total. The van der Waals surface area contributed by atoms with Gasteiger partial charge in [0.05, 0.1) is 11.2 Å². The van der Waals surface area contributed by atoms with Crippen LogP contribution >= 0.6 is 11.3 Å². The summed E-state index contributed by atoms with van der Waals surface area (Å²) < 4.78 is 0. The van der Waals surface area contributed by atoms with E-state index in [1.807, 2.05) is 17.9 Å². The number of rotatable bonds is 3. The summed E-state index contributed by atoms with van der Waals surface area (Å²) in [5.74, 6) is 0. The van der Waals surface area contributed by atoms with Crippen LogP contribution in [0.15, 0.2) is 29.4 Å². The third-order valence-electron chi connectivity index (χ3n) is 3.47. The molecule has 2 aromatic rings. The highest BCUT2D eigenvalue weighted by atomic mass is 32.1. The lowest BCUT2D eigenvalue weighted by molar-refractivity contribution is 0.494. The Morgan fingerprint density at radius 1 is 1.16 bits per heavy atom. The fraction of sp³-hybridized carbons (Fsp3) is 0.500. The Labute approximate surface area is 119 Å². The molecule has 3 heteroatoms. The van der Waals surface area contributed by atoms with Gasteiger partial charge in [-0.05, 0) is 29.0 Å². The first-order valence-electron chi connectivity index (χ1n) is 6.63. The van der Waals surface area contributed by atoms with Crippen LogP contribution in [0.5, 0.6) is 0 Å². The number of thiazole rings is 1. The van der Waals surface area contributed by atoms with Crippen LogP contribution in [0.3, 0.4) is 0 Å². The number of aromatic nitrogens is 2. The van der Waals surface area contributed by atoms with Crippen molar-refractivity contribution in [2.24, 2.45) is 0 Å². The first-order chi connectivity index (χ1) is 8.81. The molecule has 0 saturated heterocycles. The molecule has 0 aromatic carbocycles. The molecule has 102 valence electrons. The Morgan fingerprint density at radius 2 is 1.89 bits per heavy atom. The molecular weight excluding hydrogens is 252 g/mol. The van der Waals surface area contributed by atoms with E-state index >= 15 is 0 Å². The van der Waals surface area contributed by atoms with E-state index in [0.717, 1.165) is 6.42 Å². The van der Waals surface area contributed by atoms with Crippen LogP contribution in [0.25, 0.3) is 0 Å². The third kappa shape index (κ3) is 3.21. The van der Waals surface area contributed by atoms with Gasteiger partial charge in [-0.15, -0.1) is 11.3 Å². The summed E-state index contributed by atoms with van der Waals surface area (Å²) in [7, 11) is 0. The minimum Gasteiger partial charge on any atom is -0.264 e. The first-order valence-corrected chi connectivity index (χ1v) is 7.57. The van der Waals surface area contributed by atoms with Crippen molar-refractivity contribution < 1.29 is 0 Å². The van der Waals surface area contributed by atoms with Crippen LogP contribution in [0.2, 0.25) is 0 Å². The van der Waals surface area contributed by atoms with Crippen molar-refractivity contribution in [1.82, 2.24) is 9.97 Å². The van der Waals surface area contributed by atoms with Crippen LogP contribution < -0.4 is 0 Å². The number of pyridine rings is 1. The molecule has 2 heterocycles. The SMILES string of the molecule is CC(C)(C)c1ccncc1CC(C)(C)c1cscn1. The molecule has 0 fully saturated rings. The van der Waals surface area contributed by atoms with Crippen molar-refractivity contribution in [3.8, 4) is 0 Å². The second-order valence-corrected chi connectivity index (χ2v) is 7.44. The van der Waals surface area contributed by atoms with E-state index in [9.17, 15) is 0 Å². The quantitative estimate of drug-likeness (QED) is 0.831. The Morgan fingerprint density at radius 3 is 2.47 bits per heavy atom. The monoisotopic (exact) mass is 274 g/mol. The highest BCUT2D eigenvalue weighted by Crippen LogP contribution is 2.32. The van der Waals surface area contributed by atoms with Crippen LogP contribution in [-0.4, -0.2) is 9.97 Å². The maximum absolute atomic E-state index is 4.47. The lowest BCUT2D eigenvalue weighted by Crippen LogP contribution is -2.24. The Hall–Kier alpha value is -1.22. The average Bonchev–Trinajstić information content (AvgIpc) is 2.81. The minimum atomic E-state index is 0.0447. The second kappa shape index (κ2) is 5.04. The molecule has 0 aliphatic carbocycles. The minimum absolute atomic E-state index is 0.0447. The first kappa shape index (κ1) is 14.2. The molecule has 2 nitrogen and oxygen atoms in total. The standard InChI is InChI=1S/C16H22N2S/c1-15(2,3)13-6-7-17-9-12(13)8-16(4,5)14-10-19-11-18-14/h6-7,9-11H,8H2,1-5H3. The zero-order valence-electron chi connectivity index (χ0n) is 12.4. The van der Waals surface area contributed by atoms with Gasteiger partial charge in [-0.3, -0.25) is 4.98 Å². The summed E-state index contributed by atoms with van der Waals surface area (Å²) >= 11 is 1.66. The van der Waals surface area contributed by atoms with Gasteiger partial charge < -0.3 is 0 Å². The van der Waals surface area contributed by atoms with E-state index in [-0.39, 0.29) is 10.8 Å². The highest BCUT2D eigenvalue weighted by molar-refractivity contribution is 7.07. The summed E-state index contributed by atoms with van der Waals surface area (Å²) in [6, 6.07) is 2.15. The molecule has 2 aromatic heterocycles. The van der Waals surface area contributed by atoms with E-state index in [1.165, 1.54) is 16.8 Å². The molecule has 0 aliphatic rings. The van der Waals surface area contributed by atoms with E-state index in [0.29, 0.717) is 0 Å². The van der Waals surface area contributed by atoms with Gasteiger partial charge in [-0.1, -0.05) is 34.6 Å². The van der Waals surface area contributed by atoms with Crippen molar-refractivity contribution in [1.29, 1.82) is 0 Å². The predicted octanol–water partition coefficient (Wildman–Crippen LogP) is 4.36. The molecular formula is C16H22N2S. The molecule has 0 atom stereocenters. The zero-order valence-corrected chi connectivity index (χ0v) is 13.2. The lowest BCUT2D eigenvalue weighted by Gasteiger charge is -2.28. The van der Waals surface area contributed by atoms with Gasteiger partial charge in [0.25, 0.3) is 0 Å². The Bertz CT molecular complexity index is 536. The van der Waals surface area contributed by atoms with Gasteiger partial charge in [0.1, 0.15) is 0 Å². The summed E-state index contributed by atoms with van der Waals surface area (Å²) in [5.41, 5.74) is 5.98. The van der Waals surface area contributed by atoms with Gasteiger partial charge in [0, 0.05) is 23.2 Å². The normalized spacial score (nSPS) is 12.7. The van der Waals surface area contributed by atoms with Crippen molar-refractivity contribution in [2.75, 3.05) is 0 Å². The van der Waals surface area contributed by atoms with Crippen molar-refractivity contribution in [3.05, 3.63) is 46.2 Å². The third-order valence-corrected chi connectivity index (χ3v) is 4.06. The van der Waals surface area contributed by atoms with E-state index in [4.69, 9.17) is 0 Å². The predicted molar refractivity (Wildman–Crippen MR) is 81.8 cm³/mol. The second-order valence-electron chi connectivity index (χ2n) is 6.72. The number of nitrogens with zero attached hydrogens (tertiary/aromatic N) is 2. The van der Waals surface area contributed by atoms with Gasteiger partial charge >= 0.3 is 0 Å². The summed E-state index contributed by atoms with van der Waals surface area (Å²) in [6.07, 6.45) is 4.87. The Kier molecular flexibility index (Phi) is 3.77. The molecule has 0 unspecified atom stereocenters. The smallest absolute Gasteiger partial charge is 0.0794 e. The van der Waals surface area contributed by atoms with Crippen LogP contribution in [-0.2, 0) is 17.3 Å². The summed E-state index contributed by atoms with van der Waals surface area (Å²) in [6.45, 7) is 11.3. The van der Waals surface area contributed by atoms with E-state index < -0.39 is 0 Å². The van der Waals surface area contributed by atoms with Crippen molar-refractivity contribution >= 4 is 11.3 Å². The molecule has 0 aliphatic heterocycles. The number of hydrogen-bond acceptors (Lipinski definition) is 3. The summed E-state index contributed by atoms with van der Waals surface area (Å²) in [5, 5.41) is 2.15. The van der Waals surface area contributed by atoms with Crippen LogP contribution in [0, 0.1) is 0 Å². The fourth-order valence-corrected chi connectivity index (χ4v) is 3.16. The topological polar surface area (TPSA) is 25.8 Å². The highest BCUT2D eigenvalue weighted by Gasteiger charge is 2.26. The molecule has 2 rings (SSSR count). The molecule has 0 bridgehead atoms. The maximum atomic E-state index is 4.47. The Balaban J connectivity index is 2.34. The molecule has 0 saturated carbocycles. The van der Waals surface area contributed by atoms with Crippen molar-refractivity contribution in [3.63, 3.8) is 0 Å². The molecule has 0 spiro atoms. The van der Waals surface area contributed by atoms with Gasteiger partial charge in [-0.2, -0.15) is 0 Å². The van der Waals surface area contributed by atoms with Gasteiger partial charge in [0.2, 0.25) is 0 Å². The van der Waals surface area contributed by atoms with E-state index in [1.54, 1.807) is 11.3 Å². The fourth-order valence-electron chi connectivity index (χ4n) is 2.41. The van der Waals surface area contributed by atoms with Gasteiger partial charge in [-0.25, -0.2) is 4.98 Å². The molecule has 0 amide bonds. The average molecular weight is 274 g/mol. The summed E-state index contributed by atoms with van der Waals surface area (Å²) in [4.78, 5) is 8.78. The largest absolute Gasteiger partial charge is 0.264 e. The van der Waals surface area contributed by atoms with Crippen LogP contribution in [0.1, 0.15) is 51.4 Å². The number of hydrogen-bond donors (Lipinski definition) is 0. The molecule has 19 heavy (non-hydrogen) atoms.